The van der Waals surface area contributed by atoms with E-state index in [-0.39, 0.29) is 4.43 Å². The second-order valence-electron chi connectivity index (χ2n) is 7.24. The van der Waals surface area contributed by atoms with Gasteiger partial charge in [-0.05, 0) is 26.0 Å². The molecule has 2 aromatic rings. The van der Waals surface area contributed by atoms with Crippen molar-refractivity contribution in [3.05, 3.63) is 69.0 Å². The number of hydrogen-bond acceptors (Lipinski definition) is 7. The molecule has 0 saturated carbocycles. The summed E-state index contributed by atoms with van der Waals surface area (Å²) in [7, 11) is 0. The molecule has 1 N–H and O–H groups in total. The summed E-state index contributed by atoms with van der Waals surface area (Å²) >= 11 is 2.04. The summed E-state index contributed by atoms with van der Waals surface area (Å²) in [6.45, 7) is 3.45. The lowest BCUT2D eigenvalue weighted by atomic mass is 10.1. The Morgan fingerprint density at radius 1 is 1.17 bits per heavy atom. The molecule has 10 heteroatoms. The van der Waals surface area contributed by atoms with Gasteiger partial charge in [0.2, 0.25) is 5.72 Å². The number of nitrogens with one attached hydrogen (secondary N) is 1. The first kappa shape index (κ1) is 20.3. The molecule has 0 amide bonds. The van der Waals surface area contributed by atoms with E-state index in [4.69, 9.17) is 18.9 Å². The lowest BCUT2D eigenvalue weighted by Gasteiger charge is -2.36. The van der Waals surface area contributed by atoms with Gasteiger partial charge in [-0.25, -0.2) is 9.59 Å². The maximum atomic E-state index is 12.8. The summed E-state index contributed by atoms with van der Waals surface area (Å²) in [4.78, 5) is 39.1. The monoisotopic (exact) mass is 514 g/mol. The Morgan fingerprint density at radius 2 is 1.90 bits per heavy atom. The number of benzene rings is 1. The van der Waals surface area contributed by atoms with E-state index in [1.807, 2.05) is 22.6 Å². The van der Waals surface area contributed by atoms with Crippen LogP contribution in [0.4, 0.5) is 0 Å². The van der Waals surface area contributed by atoms with Gasteiger partial charge in [0.05, 0.1) is 9.99 Å². The number of H-pyrrole nitrogens is 1. The van der Waals surface area contributed by atoms with E-state index in [2.05, 4.69) is 4.98 Å². The van der Waals surface area contributed by atoms with Crippen molar-refractivity contribution in [2.75, 3.05) is 4.43 Å². The van der Waals surface area contributed by atoms with E-state index in [0.717, 1.165) is 0 Å². The number of hydrogen-bond donors (Lipinski definition) is 1. The minimum absolute atomic E-state index is 0.226. The van der Waals surface area contributed by atoms with Crippen LogP contribution in [0.5, 0.6) is 0 Å². The molecule has 2 aliphatic heterocycles. The Bertz CT molecular complexity index is 1030. The first-order valence-corrected chi connectivity index (χ1v) is 10.5. The lowest BCUT2D eigenvalue weighted by Crippen LogP contribution is -2.55. The van der Waals surface area contributed by atoms with Gasteiger partial charge in [-0.3, -0.25) is 14.3 Å². The zero-order valence-electron chi connectivity index (χ0n) is 15.7. The SMILES string of the molecule is CC1(C)O[C@H]2O[C@](CI)(n3ccc(=O)[nH]c3=O)[C@@H](OC(=O)c3ccccc3)[C@H]2O1. The van der Waals surface area contributed by atoms with Crippen LogP contribution < -0.4 is 11.2 Å². The maximum Gasteiger partial charge on any atom is 0.338 e. The van der Waals surface area contributed by atoms with Gasteiger partial charge in [-0.1, -0.05) is 40.8 Å². The predicted octanol–water partition coefficient (Wildman–Crippen LogP) is 1.36. The number of halogens is 1. The van der Waals surface area contributed by atoms with Crippen molar-refractivity contribution in [1.82, 2.24) is 9.55 Å². The second-order valence-corrected chi connectivity index (χ2v) is 8.00. The van der Waals surface area contributed by atoms with Gasteiger partial charge in [0.25, 0.3) is 5.56 Å². The summed E-state index contributed by atoms with van der Waals surface area (Å²) in [5.74, 6) is -1.53. The molecular formula is C19H19IN2O7. The van der Waals surface area contributed by atoms with Crippen molar-refractivity contribution in [1.29, 1.82) is 0 Å². The largest absolute Gasteiger partial charge is 0.451 e. The third-order valence-corrected chi connectivity index (χ3v) is 5.91. The van der Waals surface area contributed by atoms with E-state index in [0.29, 0.717) is 5.56 Å². The average molecular weight is 514 g/mol. The number of esters is 1. The number of ether oxygens (including phenoxy) is 4. The molecule has 9 nitrogen and oxygen atoms in total. The molecule has 0 radical (unpaired) electrons. The highest BCUT2D eigenvalue weighted by Gasteiger charge is 2.65. The molecule has 0 bridgehead atoms. The van der Waals surface area contributed by atoms with Crippen LogP contribution in [0.25, 0.3) is 0 Å². The number of fused-ring (bicyclic) bond motifs is 1. The minimum Gasteiger partial charge on any atom is -0.451 e. The topological polar surface area (TPSA) is 109 Å². The zero-order valence-corrected chi connectivity index (χ0v) is 17.8. The summed E-state index contributed by atoms with van der Waals surface area (Å²) in [5.41, 5.74) is -2.29. The molecule has 1 aromatic heterocycles. The molecule has 2 saturated heterocycles. The van der Waals surface area contributed by atoms with Gasteiger partial charge in [-0.15, -0.1) is 0 Å². The van der Waals surface area contributed by atoms with E-state index in [9.17, 15) is 14.4 Å². The van der Waals surface area contributed by atoms with Gasteiger partial charge in [0.1, 0.15) is 0 Å². The Hall–Kier alpha value is -2.02. The summed E-state index contributed by atoms with van der Waals surface area (Å²) in [5, 5.41) is 0. The van der Waals surface area contributed by atoms with E-state index >= 15 is 0 Å². The number of rotatable bonds is 4. The molecule has 29 heavy (non-hydrogen) atoms. The third-order valence-electron chi connectivity index (χ3n) is 4.82. The van der Waals surface area contributed by atoms with E-state index in [1.54, 1.807) is 44.2 Å². The molecule has 2 aliphatic rings. The molecule has 4 atom stereocenters. The zero-order chi connectivity index (χ0) is 20.8. The van der Waals surface area contributed by atoms with Crippen LogP contribution in [0.1, 0.15) is 24.2 Å². The van der Waals surface area contributed by atoms with Crippen LogP contribution in [0, 0.1) is 0 Å². The number of nitrogens with zero attached hydrogens (tertiary/aromatic N) is 1. The van der Waals surface area contributed by atoms with Crippen molar-refractivity contribution in [2.24, 2.45) is 0 Å². The van der Waals surface area contributed by atoms with Crippen LogP contribution in [-0.2, 0) is 24.7 Å². The minimum atomic E-state index is -1.42. The molecule has 3 heterocycles. The molecule has 154 valence electrons. The van der Waals surface area contributed by atoms with Gasteiger partial charge < -0.3 is 18.9 Å². The first-order valence-electron chi connectivity index (χ1n) is 8.94. The number of aromatic amines is 1. The molecular weight excluding hydrogens is 495 g/mol. The Labute approximate surface area is 179 Å². The number of carbonyl (C=O) groups excluding carboxylic acids is 1. The number of carbonyl (C=O) groups is 1. The van der Waals surface area contributed by atoms with Crippen LogP contribution in [0.15, 0.2) is 52.2 Å². The molecule has 0 spiro atoms. The number of alkyl halides is 1. The van der Waals surface area contributed by atoms with E-state index < -0.39 is 47.2 Å². The highest BCUT2D eigenvalue weighted by atomic mass is 127. The fraction of sp³-hybridized carbons (Fsp3) is 0.421. The summed E-state index contributed by atoms with van der Waals surface area (Å²) < 4.78 is 25.1. The summed E-state index contributed by atoms with van der Waals surface area (Å²) in [6, 6.07) is 9.69. The Balaban J connectivity index is 1.78. The molecule has 0 aliphatic carbocycles. The first-order chi connectivity index (χ1) is 13.8. The van der Waals surface area contributed by atoms with Crippen molar-refractivity contribution in [3.8, 4) is 0 Å². The Morgan fingerprint density at radius 3 is 2.55 bits per heavy atom. The second kappa shape index (κ2) is 7.35. The highest BCUT2D eigenvalue weighted by molar-refractivity contribution is 14.1. The predicted molar refractivity (Wildman–Crippen MR) is 109 cm³/mol. The van der Waals surface area contributed by atoms with Crippen molar-refractivity contribution < 1.29 is 23.7 Å². The quantitative estimate of drug-likeness (QED) is 0.373. The van der Waals surface area contributed by atoms with Crippen molar-refractivity contribution in [3.63, 3.8) is 0 Å². The number of aromatic nitrogens is 2. The molecule has 4 rings (SSSR count). The van der Waals surface area contributed by atoms with Gasteiger partial charge in [-0.2, -0.15) is 0 Å². The molecule has 1 aromatic carbocycles. The smallest absolute Gasteiger partial charge is 0.338 e. The van der Waals surface area contributed by atoms with Gasteiger partial charge >= 0.3 is 11.7 Å². The summed E-state index contributed by atoms with van der Waals surface area (Å²) in [6.07, 6.45) is -1.30. The maximum absolute atomic E-state index is 12.8. The third kappa shape index (κ3) is 3.54. The van der Waals surface area contributed by atoms with Crippen LogP contribution in [0.2, 0.25) is 0 Å². The average Bonchev–Trinajstić information content (AvgIpc) is 3.12. The van der Waals surface area contributed by atoms with Gasteiger partial charge in [0, 0.05) is 12.3 Å². The Kier molecular flexibility index (Phi) is 5.13. The molecule has 0 unspecified atom stereocenters. The van der Waals surface area contributed by atoms with Crippen molar-refractivity contribution >= 4 is 28.6 Å². The fourth-order valence-corrected chi connectivity index (χ4v) is 4.56. The molecule has 2 fully saturated rings. The standard InChI is InChI=1S/C19H19IN2O7/c1-18(2)27-13-14(26-15(24)11-6-4-3-5-7-11)19(10-20,29-16(13)28-18)22-9-8-12(23)21-17(22)25/h3-9,13-14,16H,10H2,1-2H3,(H,21,23,25)/t13-,14+,16+,19+/m1/s1. The fourth-order valence-electron chi connectivity index (χ4n) is 3.58. The van der Waals surface area contributed by atoms with E-state index in [1.165, 1.54) is 16.8 Å². The van der Waals surface area contributed by atoms with Gasteiger partial charge in [0.15, 0.2) is 24.3 Å². The van der Waals surface area contributed by atoms with Crippen LogP contribution in [-0.4, -0.2) is 44.2 Å². The highest BCUT2D eigenvalue weighted by Crippen LogP contribution is 2.46. The lowest BCUT2D eigenvalue weighted by molar-refractivity contribution is -0.254. The van der Waals surface area contributed by atoms with Crippen LogP contribution >= 0.6 is 22.6 Å². The van der Waals surface area contributed by atoms with Crippen LogP contribution in [0.3, 0.4) is 0 Å². The van der Waals surface area contributed by atoms with Crippen molar-refractivity contribution in [2.45, 2.75) is 43.9 Å². The normalized spacial score (nSPS) is 30.1.